The predicted molar refractivity (Wildman–Crippen MR) is 104 cm³/mol. The summed E-state index contributed by atoms with van der Waals surface area (Å²) in [5.41, 5.74) is 0.885. The van der Waals surface area contributed by atoms with Crippen LogP contribution in [0.3, 0.4) is 0 Å². The van der Waals surface area contributed by atoms with Gasteiger partial charge in [0.05, 0.1) is 18.5 Å². The average Bonchev–Trinajstić information content (AvgIpc) is 3.10. The lowest BCUT2D eigenvalue weighted by Gasteiger charge is -2.27. The Morgan fingerprint density at radius 3 is 2.62 bits per heavy atom. The van der Waals surface area contributed by atoms with Crippen molar-refractivity contribution in [1.82, 2.24) is 14.8 Å². The van der Waals surface area contributed by atoms with Gasteiger partial charge in [-0.2, -0.15) is 0 Å². The first-order valence-electron chi connectivity index (χ1n) is 8.87. The van der Waals surface area contributed by atoms with Gasteiger partial charge in [-0.3, -0.25) is 9.36 Å². The third-order valence-electron chi connectivity index (χ3n) is 4.41. The molecule has 0 unspecified atom stereocenters. The molecule has 8 heteroatoms. The lowest BCUT2D eigenvalue weighted by Crippen LogP contribution is -2.38. The number of hydrogen-bond acceptors (Lipinski definition) is 6. The second kappa shape index (κ2) is 8.55. The van der Waals surface area contributed by atoms with Gasteiger partial charge in [-0.05, 0) is 26.0 Å². The second-order valence-corrected chi connectivity index (χ2v) is 7.43. The molecular weight excluding hydrogens is 350 g/mol. The predicted octanol–water partition coefficient (Wildman–Crippen LogP) is 2.28. The number of aromatic nitrogens is 3. The highest BCUT2D eigenvalue weighted by Gasteiger charge is 2.25. The van der Waals surface area contributed by atoms with Gasteiger partial charge in [0, 0.05) is 32.4 Å². The van der Waals surface area contributed by atoms with E-state index in [1.807, 2.05) is 37.3 Å². The molecule has 3 rings (SSSR count). The van der Waals surface area contributed by atoms with Crippen molar-refractivity contribution in [1.29, 1.82) is 0 Å². The molecule has 1 amide bonds. The number of benzene rings is 1. The lowest BCUT2D eigenvalue weighted by molar-refractivity contribution is -0.117. The van der Waals surface area contributed by atoms with E-state index in [0.29, 0.717) is 13.2 Å². The number of morpholine rings is 1. The molecule has 0 aliphatic carbocycles. The highest BCUT2D eigenvalue weighted by molar-refractivity contribution is 8.00. The Morgan fingerprint density at radius 2 is 1.96 bits per heavy atom. The van der Waals surface area contributed by atoms with Gasteiger partial charge < -0.3 is 14.5 Å². The second-order valence-electron chi connectivity index (χ2n) is 6.12. The third-order valence-corrected chi connectivity index (χ3v) is 5.48. The summed E-state index contributed by atoms with van der Waals surface area (Å²) in [5.74, 6) is 0.897. The van der Waals surface area contributed by atoms with Crippen molar-refractivity contribution in [2.45, 2.75) is 30.8 Å². The zero-order chi connectivity index (χ0) is 18.5. The van der Waals surface area contributed by atoms with Crippen LogP contribution in [0.1, 0.15) is 13.8 Å². The normalized spacial score (nSPS) is 15.7. The standard InChI is InChI=1S/C18H25N5O2S/c1-4-23-17(22-10-12-25-13-11-22)19-20-18(23)26-14(2)16(24)21(3)15-8-6-5-7-9-15/h5-9,14H,4,10-13H2,1-3H3/t14-/m1/s1. The molecule has 26 heavy (non-hydrogen) atoms. The van der Waals surface area contributed by atoms with E-state index >= 15 is 0 Å². The van der Waals surface area contributed by atoms with E-state index in [9.17, 15) is 4.79 Å². The molecule has 2 heterocycles. The van der Waals surface area contributed by atoms with E-state index in [-0.39, 0.29) is 11.2 Å². The topological polar surface area (TPSA) is 63.5 Å². The van der Waals surface area contributed by atoms with Crippen molar-refractivity contribution < 1.29 is 9.53 Å². The number of carbonyl (C=O) groups excluding carboxylic acids is 1. The summed E-state index contributed by atoms with van der Waals surface area (Å²) in [5, 5.41) is 9.22. The van der Waals surface area contributed by atoms with Crippen LogP contribution in [0, 0.1) is 0 Å². The molecule has 1 aliphatic heterocycles. The van der Waals surface area contributed by atoms with Crippen molar-refractivity contribution in [3.63, 3.8) is 0 Å². The number of carbonyl (C=O) groups is 1. The number of ether oxygens (including phenoxy) is 1. The first kappa shape index (κ1) is 18.7. The first-order valence-corrected chi connectivity index (χ1v) is 9.75. The minimum absolute atomic E-state index is 0.0415. The van der Waals surface area contributed by atoms with E-state index in [4.69, 9.17) is 4.74 Å². The van der Waals surface area contributed by atoms with Crippen molar-refractivity contribution in [2.24, 2.45) is 0 Å². The molecule has 0 saturated carbocycles. The van der Waals surface area contributed by atoms with Crippen LogP contribution < -0.4 is 9.80 Å². The number of hydrogen-bond donors (Lipinski definition) is 0. The quantitative estimate of drug-likeness (QED) is 0.722. The van der Waals surface area contributed by atoms with Crippen LogP contribution in [-0.4, -0.2) is 59.3 Å². The molecule has 1 saturated heterocycles. The monoisotopic (exact) mass is 375 g/mol. The summed E-state index contributed by atoms with van der Waals surface area (Å²) in [7, 11) is 1.80. The van der Waals surface area contributed by atoms with E-state index in [1.54, 1.807) is 11.9 Å². The van der Waals surface area contributed by atoms with Gasteiger partial charge in [0.15, 0.2) is 5.16 Å². The Bertz CT molecular complexity index is 730. The van der Waals surface area contributed by atoms with Crippen molar-refractivity contribution in [2.75, 3.05) is 43.2 Å². The van der Waals surface area contributed by atoms with Gasteiger partial charge in [0.2, 0.25) is 11.9 Å². The van der Waals surface area contributed by atoms with Gasteiger partial charge >= 0.3 is 0 Å². The number of rotatable bonds is 6. The number of thioether (sulfide) groups is 1. The van der Waals surface area contributed by atoms with Crippen LogP contribution in [0.5, 0.6) is 0 Å². The molecule has 2 aromatic rings. The number of nitrogens with zero attached hydrogens (tertiary/aromatic N) is 5. The summed E-state index contributed by atoms with van der Waals surface area (Å²) in [4.78, 5) is 16.7. The van der Waals surface area contributed by atoms with E-state index in [2.05, 4.69) is 26.6 Å². The van der Waals surface area contributed by atoms with Gasteiger partial charge in [-0.1, -0.05) is 30.0 Å². The van der Waals surface area contributed by atoms with Crippen molar-refractivity contribution in [3.05, 3.63) is 30.3 Å². The van der Waals surface area contributed by atoms with Crippen LogP contribution in [0.15, 0.2) is 35.5 Å². The minimum atomic E-state index is -0.257. The fourth-order valence-corrected chi connectivity index (χ4v) is 3.90. The van der Waals surface area contributed by atoms with Gasteiger partial charge in [0.25, 0.3) is 0 Å². The van der Waals surface area contributed by atoms with E-state index in [0.717, 1.165) is 36.4 Å². The van der Waals surface area contributed by atoms with Crippen LogP contribution >= 0.6 is 11.8 Å². The number of para-hydroxylation sites is 1. The Labute approximate surface area is 158 Å². The third kappa shape index (κ3) is 4.02. The maximum Gasteiger partial charge on any atom is 0.240 e. The summed E-state index contributed by atoms with van der Waals surface area (Å²) < 4.78 is 7.48. The zero-order valence-corrected chi connectivity index (χ0v) is 16.3. The highest BCUT2D eigenvalue weighted by Crippen LogP contribution is 2.27. The molecule has 7 nitrogen and oxygen atoms in total. The van der Waals surface area contributed by atoms with Gasteiger partial charge in [-0.15, -0.1) is 10.2 Å². The average molecular weight is 375 g/mol. The Hall–Kier alpha value is -2.06. The Kier molecular flexibility index (Phi) is 6.16. The zero-order valence-electron chi connectivity index (χ0n) is 15.5. The minimum Gasteiger partial charge on any atom is -0.378 e. The fourth-order valence-electron chi connectivity index (χ4n) is 2.90. The molecule has 1 aliphatic rings. The molecule has 1 aromatic carbocycles. The fraction of sp³-hybridized carbons (Fsp3) is 0.500. The maximum absolute atomic E-state index is 12.8. The van der Waals surface area contributed by atoms with E-state index in [1.165, 1.54) is 11.8 Å². The molecule has 0 spiro atoms. The van der Waals surface area contributed by atoms with Crippen LogP contribution in [0.25, 0.3) is 0 Å². The Balaban J connectivity index is 1.71. The smallest absolute Gasteiger partial charge is 0.240 e. The van der Waals surface area contributed by atoms with Crippen molar-refractivity contribution >= 4 is 29.3 Å². The molecule has 1 aromatic heterocycles. The molecule has 1 atom stereocenters. The maximum atomic E-state index is 12.8. The molecule has 0 radical (unpaired) electrons. The van der Waals surface area contributed by atoms with E-state index < -0.39 is 0 Å². The van der Waals surface area contributed by atoms with Crippen LogP contribution in [-0.2, 0) is 16.1 Å². The first-order chi connectivity index (χ1) is 12.6. The molecule has 0 bridgehead atoms. The Morgan fingerprint density at radius 1 is 1.27 bits per heavy atom. The van der Waals surface area contributed by atoms with Crippen LogP contribution in [0.4, 0.5) is 11.6 Å². The lowest BCUT2D eigenvalue weighted by atomic mass is 10.3. The van der Waals surface area contributed by atoms with Gasteiger partial charge in [-0.25, -0.2) is 0 Å². The van der Waals surface area contributed by atoms with Crippen molar-refractivity contribution in [3.8, 4) is 0 Å². The highest BCUT2D eigenvalue weighted by atomic mass is 32.2. The van der Waals surface area contributed by atoms with Crippen LogP contribution in [0.2, 0.25) is 0 Å². The van der Waals surface area contributed by atoms with Gasteiger partial charge in [0.1, 0.15) is 0 Å². The number of amides is 1. The number of anilines is 2. The SMILES string of the molecule is CCn1c(S[C@H](C)C(=O)N(C)c2ccccc2)nnc1N1CCOCC1. The molecule has 140 valence electrons. The summed E-state index contributed by atoms with van der Waals surface area (Å²) in [6.07, 6.45) is 0. The largest absolute Gasteiger partial charge is 0.378 e. The summed E-state index contributed by atoms with van der Waals surface area (Å²) in [6, 6.07) is 9.66. The summed E-state index contributed by atoms with van der Waals surface area (Å²) in [6.45, 7) is 7.78. The molecule has 0 N–H and O–H groups in total. The summed E-state index contributed by atoms with van der Waals surface area (Å²) >= 11 is 1.45. The molecule has 1 fully saturated rings. The molecular formula is C18H25N5O2S.